The Balaban J connectivity index is 1.75. The Hall–Kier alpha value is -2.59. The molecule has 0 aliphatic heterocycles. The van der Waals surface area contributed by atoms with Crippen molar-refractivity contribution in [1.82, 2.24) is 4.98 Å². The van der Waals surface area contributed by atoms with Crippen LogP contribution in [0.3, 0.4) is 0 Å². The molecule has 5 heteroatoms. The molecule has 0 amide bonds. The highest BCUT2D eigenvalue weighted by Gasteiger charge is 2.06. The molecule has 0 radical (unpaired) electrons. The normalized spacial score (nSPS) is 10.5. The summed E-state index contributed by atoms with van der Waals surface area (Å²) in [6, 6.07) is 17.4. The highest BCUT2D eigenvalue weighted by atomic mass is 35.5. The van der Waals surface area contributed by atoms with Crippen LogP contribution in [0.2, 0.25) is 5.02 Å². The maximum absolute atomic E-state index is 13.1. The minimum Gasteiger partial charge on any atom is -0.497 e. The van der Waals surface area contributed by atoms with E-state index in [2.05, 4.69) is 4.98 Å². The van der Waals surface area contributed by atoms with E-state index in [1.165, 1.54) is 12.1 Å². The van der Waals surface area contributed by atoms with E-state index in [1.807, 2.05) is 36.4 Å². The number of ether oxygens (including phenoxy) is 2. The molecule has 0 saturated carbocycles. The lowest BCUT2D eigenvalue weighted by molar-refractivity contribution is 0.294. The summed E-state index contributed by atoms with van der Waals surface area (Å²) in [5.41, 5.74) is 2.45. The van der Waals surface area contributed by atoms with Crippen LogP contribution in [-0.2, 0) is 6.61 Å². The molecule has 1 aromatic heterocycles. The average Bonchev–Trinajstić information content (AvgIpc) is 2.61. The maximum Gasteiger partial charge on any atom is 0.214 e. The monoisotopic (exact) mass is 343 g/mol. The van der Waals surface area contributed by atoms with Crippen molar-refractivity contribution in [3.63, 3.8) is 0 Å². The number of benzene rings is 2. The van der Waals surface area contributed by atoms with Gasteiger partial charge in [0.05, 0.1) is 17.8 Å². The number of hydrogen-bond acceptors (Lipinski definition) is 3. The fraction of sp³-hybridized carbons (Fsp3) is 0.105. The third-order valence-corrected chi connectivity index (χ3v) is 3.85. The Morgan fingerprint density at radius 2 is 1.83 bits per heavy atom. The molecule has 0 fully saturated rings. The maximum atomic E-state index is 13.1. The van der Waals surface area contributed by atoms with E-state index >= 15 is 0 Å². The zero-order valence-corrected chi connectivity index (χ0v) is 13.8. The fourth-order valence-electron chi connectivity index (χ4n) is 2.21. The van der Waals surface area contributed by atoms with Crippen molar-refractivity contribution in [2.24, 2.45) is 0 Å². The highest BCUT2D eigenvalue weighted by molar-refractivity contribution is 6.31. The summed E-state index contributed by atoms with van der Waals surface area (Å²) >= 11 is 6.00. The molecule has 24 heavy (non-hydrogen) atoms. The van der Waals surface area contributed by atoms with Crippen LogP contribution in [0, 0.1) is 5.82 Å². The zero-order chi connectivity index (χ0) is 16.9. The molecule has 3 nitrogen and oxygen atoms in total. The average molecular weight is 344 g/mol. The molecule has 1 heterocycles. The summed E-state index contributed by atoms with van der Waals surface area (Å²) in [4.78, 5) is 4.48. The predicted molar refractivity (Wildman–Crippen MR) is 92.0 cm³/mol. The standard InChI is InChI=1S/C19H15ClFNO2/c1-23-16-9-6-13(7-10-16)18-3-2-4-19(22-18)24-12-14-5-8-15(21)11-17(14)20/h2-11H,12H2,1H3. The number of halogens is 2. The first-order valence-electron chi connectivity index (χ1n) is 7.34. The second-order valence-electron chi connectivity index (χ2n) is 5.11. The van der Waals surface area contributed by atoms with Crippen LogP contribution in [0.5, 0.6) is 11.6 Å². The van der Waals surface area contributed by atoms with Gasteiger partial charge in [-0.3, -0.25) is 0 Å². The van der Waals surface area contributed by atoms with Gasteiger partial charge in [-0.25, -0.2) is 9.37 Å². The molecule has 0 unspecified atom stereocenters. The Morgan fingerprint density at radius 3 is 2.54 bits per heavy atom. The second kappa shape index (κ2) is 7.32. The third-order valence-electron chi connectivity index (χ3n) is 3.50. The predicted octanol–water partition coefficient (Wildman–Crippen LogP) is 5.13. The van der Waals surface area contributed by atoms with Crippen molar-refractivity contribution in [2.75, 3.05) is 7.11 Å². The third kappa shape index (κ3) is 3.84. The minimum atomic E-state index is -0.372. The number of aromatic nitrogens is 1. The molecule has 3 rings (SSSR count). The fourth-order valence-corrected chi connectivity index (χ4v) is 2.43. The Labute approximate surface area is 144 Å². The second-order valence-corrected chi connectivity index (χ2v) is 5.52. The Morgan fingerprint density at radius 1 is 1.04 bits per heavy atom. The lowest BCUT2D eigenvalue weighted by atomic mass is 10.1. The molecule has 0 saturated heterocycles. The van der Waals surface area contributed by atoms with E-state index in [1.54, 1.807) is 19.2 Å². The van der Waals surface area contributed by atoms with Crippen molar-refractivity contribution in [2.45, 2.75) is 6.61 Å². The van der Waals surface area contributed by atoms with Crippen LogP contribution in [0.15, 0.2) is 60.7 Å². The van der Waals surface area contributed by atoms with Gasteiger partial charge in [-0.15, -0.1) is 0 Å². The smallest absolute Gasteiger partial charge is 0.214 e. The van der Waals surface area contributed by atoms with Crippen LogP contribution < -0.4 is 9.47 Å². The molecule has 0 aliphatic carbocycles. The van der Waals surface area contributed by atoms with Crippen molar-refractivity contribution in [3.05, 3.63) is 77.1 Å². The van der Waals surface area contributed by atoms with Crippen molar-refractivity contribution in [1.29, 1.82) is 0 Å². The first-order valence-corrected chi connectivity index (χ1v) is 7.72. The lowest BCUT2D eigenvalue weighted by Gasteiger charge is -2.09. The molecule has 3 aromatic rings. The first-order chi connectivity index (χ1) is 11.7. The van der Waals surface area contributed by atoms with Crippen LogP contribution in [0.25, 0.3) is 11.3 Å². The van der Waals surface area contributed by atoms with Gasteiger partial charge >= 0.3 is 0 Å². The first kappa shape index (κ1) is 16.3. The van der Waals surface area contributed by atoms with Crippen LogP contribution in [-0.4, -0.2) is 12.1 Å². The molecular weight excluding hydrogens is 329 g/mol. The van der Waals surface area contributed by atoms with Crippen molar-refractivity contribution in [3.8, 4) is 22.9 Å². The van der Waals surface area contributed by atoms with E-state index in [4.69, 9.17) is 21.1 Å². The van der Waals surface area contributed by atoms with E-state index in [0.717, 1.165) is 17.0 Å². The van der Waals surface area contributed by atoms with Gasteiger partial charge in [0, 0.05) is 17.2 Å². The van der Waals surface area contributed by atoms with E-state index in [-0.39, 0.29) is 12.4 Å². The lowest BCUT2D eigenvalue weighted by Crippen LogP contribution is -1.99. The van der Waals surface area contributed by atoms with Crippen LogP contribution >= 0.6 is 11.6 Å². The van der Waals surface area contributed by atoms with Gasteiger partial charge in [0.1, 0.15) is 18.2 Å². The quantitative estimate of drug-likeness (QED) is 0.643. The van der Waals surface area contributed by atoms with Gasteiger partial charge in [0.25, 0.3) is 0 Å². The molecular formula is C19H15ClFNO2. The van der Waals surface area contributed by atoms with E-state index in [0.29, 0.717) is 16.5 Å². The molecule has 0 spiro atoms. The van der Waals surface area contributed by atoms with Crippen molar-refractivity contribution < 1.29 is 13.9 Å². The largest absolute Gasteiger partial charge is 0.497 e. The molecule has 0 aliphatic rings. The van der Waals surface area contributed by atoms with Crippen LogP contribution in [0.1, 0.15) is 5.56 Å². The van der Waals surface area contributed by atoms with E-state index < -0.39 is 0 Å². The summed E-state index contributed by atoms with van der Waals surface area (Å²) < 4.78 is 23.9. The summed E-state index contributed by atoms with van der Waals surface area (Å²) in [6.07, 6.45) is 0. The molecule has 0 bridgehead atoms. The summed E-state index contributed by atoms with van der Waals surface area (Å²) in [5, 5.41) is 0.335. The van der Waals surface area contributed by atoms with E-state index in [9.17, 15) is 4.39 Å². The topological polar surface area (TPSA) is 31.4 Å². The van der Waals surface area contributed by atoms with Gasteiger partial charge in [0.15, 0.2) is 0 Å². The van der Waals surface area contributed by atoms with Gasteiger partial charge in [0.2, 0.25) is 5.88 Å². The summed E-state index contributed by atoms with van der Waals surface area (Å²) in [6.45, 7) is 0.220. The summed E-state index contributed by atoms with van der Waals surface area (Å²) in [5.74, 6) is 0.893. The summed E-state index contributed by atoms with van der Waals surface area (Å²) in [7, 11) is 1.63. The molecule has 0 atom stereocenters. The number of pyridine rings is 1. The van der Waals surface area contributed by atoms with Crippen LogP contribution in [0.4, 0.5) is 4.39 Å². The Bertz CT molecular complexity index is 837. The molecule has 122 valence electrons. The van der Waals surface area contributed by atoms with Gasteiger partial charge in [-0.05, 0) is 42.5 Å². The number of nitrogens with zero attached hydrogens (tertiary/aromatic N) is 1. The van der Waals surface area contributed by atoms with Gasteiger partial charge in [-0.2, -0.15) is 0 Å². The van der Waals surface area contributed by atoms with Crippen molar-refractivity contribution >= 4 is 11.6 Å². The zero-order valence-electron chi connectivity index (χ0n) is 13.0. The molecule has 2 aromatic carbocycles. The van der Waals surface area contributed by atoms with Gasteiger partial charge in [-0.1, -0.05) is 23.7 Å². The number of hydrogen-bond donors (Lipinski definition) is 0. The molecule has 0 N–H and O–H groups in total. The van der Waals surface area contributed by atoms with Gasteiger partial charge < -0.3 is 9.47 Å². The highest BCUT2D eigenvalue weighted by Crippen LogP contribution is 2.24. The number of methoxy groups -OCH3 is 1. The SMILES string of the molecule is COc1ccc(-c2cccc(OCc3ccc(F)cc3Cl)n2)cc1. The minimum absolute atomic E-state index is 0.220. The Kier molecular flexibility index (Phi) is 4.96. The number of rotatable bonds is 5.